The van der Waals surface area contributed by atoms with E-state index >= 15 is 0 Å². The van der Waals surface area contributed by atoms with Crippen LogP contribution >= 0.6 is 0 Å². The monoisotopic (exact) mass is 362 g/mol. The molecule has 0 heterocycles. The molecule has 2 aromatic rings. The first kappa shape index (κ1) is 19.8. The summed E-state index contributed by atoms with van der Waals surface area (Å²) in [6, 6.07) is 14.2. The van der Waals surface area contributed by atoms with Gasteiger partial charge in [-0.1, -0.05) is 38.1 Å². The molecule has 2 rings (SSSR count). The molecule has 0 aliphatic carbocycles. The molecule has 0 bridgehead atoms. The predicted octanol–water partition coefficient (Wildman–Crippen LogP) is 4.48. The second-order valence-corrected chi connectivity index (χ2v) is 6.52. The molecule has 6 heteroatoms. The summed E-state index contributed by atoms with van der Waals surface area (Å²) < 4.78 is 28.6. The molecular formula is C20H24F2N2O2. The van der Waals surface area contributed by atoms with Gasteiger partial charge in [0, 0.05) is 12.2 Å². The first-order valence-electron chi connectivity index (χ1n) is 8.45. The maximum Gasteiger partial charge on any atom is 0.387 e. The summed E-state index contributed by atoms with van der Waals surface area (Å²) in [6.07, 6.45) is 0. The minimum Gasteiger partial charge on any atom is -0.435 e. The van der Waals surface area contributed by atoms with E-state index in [9.17, 15) is 13.6 Å². The van der Waals surface area contributed by atoms with Crippen LogP contribution in [0.3, 0.4) is 0 Å². The number of halogens is 2. The number of alkyl halides is 2. The number of likely N-dealkylation sites (N-methyl/N-ethyl adjacent to an activating group) is 1. The van der Waals surface area contributed by atoms with E-state index in [0.29, 0.717) is 12.5 Å². The van der Waals surface area contributed by atoms with Gasteiger partial charge >= 0.3 is 6.61 Å². The lowest BCUT2D eigenvalue weighted by Crippen LogP contribution is -2.29. The molecule has 2 aromatic carbocycles. The third-order valence-electron chi connectivity index (χ3n) is 3.88. The number of nitrogens with one attached hydrogen (secondary N) is 1. The van der Waals surface area contributed by atoms with Crippen molar-refractivity contribution in [2.75, 3.05) is 18.9 Å². The van der Waals surface area contributed by atoms with Gasteiger partial charge < -0.3 is 10.1 Å². The van der Waals surface area contributed by atoms with Crippen LogP contribution in [0.5, 0.6) is 5.75 Å². The number of carbonyl (C=O) groups excluding carboxylic acids is 1. The van der Waals surface area contributed by atoms with Crippen molar-refractivity contribution in [1.29, 1.82) is 0 Å². The van der Waals surface area contributed by atoms with Crippen molar-refractivity contribution >= 4 is 11.6 Å². The number of rotatable bonds is 8. The van der Waals surface area contributed by atoms with Gasteiger partial charge in [0.05, 0.1) is 6.54 Å². The van der Waals surface area contributed by atoms with E-state index in [1.807, 2.05) is 36.2 Å². The largest absolute Gasteiger partial charge is 0.435 e. The van der Waals surface area contributed by atoms with Crippen LogP contribution in [0.15, 0.2) is 48.5 Å². The van der Waals surface area contributed by atoms with Crippen molar-refractivity contribution in [3.05, 3.63) is 59.7 Å². The summed E-state index contributed by atoms with van der Waals surface area (Å²) in [5.41, 5.74) is 2.89. The normalized spacial score (nSPS) is 11.2. The fourth-order valence-electron chi connectivity index (χ4n) is 2.54. The van der Waals surface area contributed by atoms with Crippen LogP contribution in [-0.2, 0) is 11.3 Å². The van der Waals surface area contributed by atoms with Gasteiger partial charge in [0.2, 0.25) is 5.91 Å². The second kappa shape index (κ2) is 9.29. The Morgan fingerprint density at radius 2 is 1.69 bits per heavy atom. The molecule has 1 N–H and O–H groups in total. The van der Waals surface area contributed by atoms with Crippen molar-refractivity contribution in [2.24, 2.45) is 0 Å². The smallest absolute Gasteiger partial charge is 0.387 e. The summed E-state index contributed by atoms with van der Waals surface area (Å²) in [5.74, 6) is 0.458. The Labute approximate surface area is 152 Å². The van der Waals surface area contributed by atoms with Gasteiger partial charge in [-0.15, -0.1) is 0 Å². The average molecular weight is 362 g/mol. The Morgan fingerprint density at radius 3 is 2.23 bits per heavy atom. The fraction of sp³-hybridized carbons (Fsp3) is 0.350. The van der Waals surface area contributed by atoms with Gasteiger partial charge in [0.1, 0.15) is 5.75 Å². The molecular weight excluding hydrogens is 338 g/mol. The molecule has 0 aromatic heterocycles. The average Bonchev–Trinajstić information content (AvgIpc) is 2.56. The van der Waals surface area contributed by atoms with Crippen molar-refractivity contribution in [3.8, 4) is 5.75 Å². The zero-order chi connectivity index (χ0) is 19.1. The van der Waals surface area contributed by atoms with Crippen molar-refractivity contribution < 1.29 is 18.3 Å². The van der Waals surface area contributed by atoms with Gasteiger partial charge in [-0.3, -0.25) is 9.69 Å². The topological polar surface area (TPSA) is 41.6 Å². The van der Waals surface area contributed by atoms with Crippen LogP contribution in [0.25, 0.3) is 0 Å². The maximum absolute atomic E-state index is 12.2. The van der Waals surface area contributed by atoms with E-state index in [1.165, 1.54) is 17.7 Å². The molecule has 0 fully saturated rings. The van der Waals surface area contributed by atoms with E-state index in [-0.39, 0.29) is 18.2 Å². The molecule has 0 aliphatic rings. The van der Waals surface area contributed by atoms with E-state index in [0.717, 1.165) is 11.3 Å². The van der Waals surface area contributed by atoms with Gasteiger partial charge in [0.15, 0.2) is 0 Å². The van der Waals surface area contributed by atoms with Crippen molar-refractivity contribution in [2.45, 2.75) is 32.9 Å². The lowest BCUT2D eigenvalue weighted by molar-refractivity contribution is -0.117. The summed E-state index contributed by atoms with van der Waals surface area (Å²) in [4.78, 5) is 14.0. The van der Waals surface area contributed by atoms with E-state index in [2.05, 4.69) is 23.9 Å². The van der Waals surface area contributed by atoms with Crippen LogP contribution in [0.4, 0.5) is 14.5 Å². The molecule has 26 heavy (non-hydrogen) atoms. The lowest BCUT2D eigenvalue weighted by Gasteiger charge is -2.17. The molecule has 4 nitrogen and oxygen atoms in total. The van der Waals surface area contributed by atoms with Crippen LogP contribution < -0.4 is 10.1 Å². The highest BCUT2D eigenvalue weighted by atomic mass is 19.3. The van der Waals surface area contributed by atoms with Gasteiger partial charge in [-0.05, 0) is 48.4 Å². The van der Waals surface area contributed by atoms with E-state index in [4.69, 9.17) is 0 Å². The number of amides is 1. The van der Waals surface area contributed by atoms with E-state index in [1.54, 1.807) is 12.1 Å². The second-order valence-electron chi connectivity index (χ2n) is 6.52. The van der Waals surface area contributed by atoms with Gasteiger partial charge in [0.25, 0.3) is 0 Å². The number of nitrogens with zero attached hydrogens (tertiary/aromatic N) is 1. The molecule has 0 atom stereocenters. The summed E-state index contributed by atoms with van der Waals surface area (Å²) in [5, 5.41) is 2.87. The van der Waals surface area contributed by atoms with Crippen LogP contribution in [0.1, 0.15) is 30.9 Å². The van der Waals surface area contributed by atoms with E-state index < -0.39 is 6.61 Å². The first-order valence-corrected chi connectivity index (χ1v) is 8.45. The Hall–Kier alpha value is -2.47. The molecule has 0 spiro atoms. The highest BCUT2D eigenvalue weighted by molar-refractivity contribution is 5.92. The van der Waals surface area contributed by atoms with Crippen molar-refractivity contribution in [3.63, 3.8) is 0 Å². The Bertz CT molecular complexity index is 701. The number of benzene rings is 2. The molecule has 0 saturated carbocycles. The Kier molecular flexibility index (Phi) is 7.09. The summed E-state index contributed by atoms with van der Waals surface area (Å²) in [6.45, 7) is 2.15. The molecule has 140 valence electrons. The number of carbonyl (C=O) groups is 1. The Balaban J connectivity index is 1.82. The third-order valence-corrected chi connectivity index (χ3v) is 3.88. The SMILES string of the molecule is CC(C)c1ccc(NC(=O)CN(C)Cc2ccc(OC(F)F)cc2)cc1. The molecule has 0 radical (unpaired) electrons. The molecule has 1 amide bonds. The molecule has 0 aliphatic heterocycles. The molecule has 0 unspecified atom stereocenters. The maximum atomic E-state index is 12.2. The zero-order valence-corrected chi connectivity index (χ0v) is 15.2. The Morgan fingerprint density at radius 1 is 1.08 bits per heavy atom. The third kappa shape index (κ3) is 6.44. The number of hydrogen-bond acceptors (Lipinski definition) is 3. The number of anilines is 1. The predicted molar refractivity (Wildman–Crippen MR) is 98.6 cm³/mol. The quantitative estimate of drug-likeness (QED) is 0.753. The standard InChI is InChI=1S/C20H24F2N2O2/c1-14(2)16-6-8-17(9-7-16)23-19(25)13-24(3)12-15-4-10-18(11-5-15)26-20(21)22/h4-11,14,20H,12-13H2,1-3H3,(H,23,25). The van der Waals surface area contributed by atoms with Crippen LogP contribution in [-0.4, -0.2) is 31.0 Å². The molecule has 0 saturated heterocycles. The lowest BCUT2D eigenvalue weighted by atomic mass is 10.0. The number of hydrogen-bond donors (Lipinski definition) is 1. The van der Waals surface area contributed by atoms with Gasteiger partial charge in [-0.2, -0.15) is 8.78 Å². The highest BCUT2D eigenvalue weighted by Crippen LogP contribution is 2.18. The minimum atomic E-state index is -2.83. The summed E-state index contributed by atoms with van der Waals surface area (Å²) in [7, 11) is 1.82. The van der Waals surface area contributed by atoms with Crippen LogP contribution in [0.2, 0.25) is 0 Å². The zero-order valence-electron chi connectivity index (χ0n) is 15.2. The fourth-order valence-corrected chi connectivity index (χ4v) is 2.54. The summed E-state index contributed by atoms with van der Waals surface area (Å²) >= 11 is 0. The van der Waals surface area contributed by atoms with Crippen LogP contribution in [0, 0.1) is 0 Å². The first-order chi connectivity index (χ1) is 12.3. The minimum absolute atomic E-state index is 0.109. The highest BCUT2D eigenvalue weighted by Gasteiger charge is 2.09. The van der Waals surface area contributed by atoms with Gasteiger partial charge in [-0.25, -0.2) is 0 Å². The number of ether oxygens (including phenoxy) is 1. The van der Waals surface area contributed by atoms with Crippen molar-refractivity contribution in [1.82, 2.24) is 4.90 Å².